The number of methoxy groups -OCH3 is 1. The van der Waals surface area contributed by atoms with Gasteiger partial charge in [-0.2, -0.15) is 0 Å². The lowest BCUT2D eigenvalue weighted by Gasteiger charge is -2.38. The van der Waals surface area contributed by atoms with E-state index in [0.29, 0.717) is 26.2 Å². The van der Waals surface area contributed by atoms with Crippen LogP contribution in [0.15, 0.2) is 4.99 Å². The normalized spacial score (nSPS) is 19.2. The molecule has 2 fully saturated rings. The number of aliphatic imine (C=N–C) groups is 1. The summed E-state index contributed by atoms with van der Waals surface area (Å²) in [6, 6.07) is 0. The number of halogens is 1. The summed E-state index contributed by atoms with van der Waals surface area (Å²) >= 11 is 0. The van der Waals surface area contributed by atoms with Crippen molar-refractivity contribution in [3.63, 3.8) is 0 Å². The van der Waals surface area contributed by atoms with Crippen molar-refractivity contribution in [1.29, 1.82) is 0 Å². The summed E-state index contributed by atoms with van der Waals surface area (Å²) in [5, 5.41) is 6.32. The molecule has 1 saturated carbocycles. The van der Waals surface area contributed by atoms with Gasteiger partial charge in [0.15, 0.2) is 5.96 Å². The van der Waals surface area contributed by atoms with Gasteiger partial charge in [-0.25, -0.2) is 0 Å². The molecule has 0 aromatic rings. The minimum atomic E-state index is -0.318. The molecule has 1 saturated heterocycles. The number of hydrogen-bond acceptors (Lipinski definition) is 5. The van der Waals surface area contributed by atoms with Crippen molar-refractivity contribution >= 4 is 41.8 Å². The van der Waals surface area contributed by atoms with Gasteiger partial charge >= 0.3 is 0 Å². The number of amides is 2. The third kappa shape index (κ3) is 7.52. The van der Waals surface area contributed by atoms with Crippen LogP contribution in [-0.4, -0.2) is 113 Å². The van der Waals surface area contributed by atoms with Crippen molar-refractivity contribution in [2.24, 2.45) is 10.4 Å². The lowest BCUT2D eigenvalue weighted by atomic mass is 9.84. The second kappa shape index (κ2) is 13.3. The summed E-state index contributed by atoms with van der Waals surface area (Å²) in [6.45, 7) is 5.32. The number of hydrogen-bond donors (Lipinski definition) is 2. The van der Waals surface area contributed by atoms with Gasteiger partial charge in [0, 0.05) is 67.5 Å². The van der Waals surface area contributed by atoms with E-state index in [9.17, 15) is 9.59 Å². The van der Waals surface area contributed by atoms with Crippen LogP contribution < -0.4 is 10.6 Å². The Hall–Kier alpha value is -1.14. The van der Waals surface area contributed by atoms with Crippen molar-refractivity contribution < 1.29 is 14.3 Å². The van der Waals surface area contributed by atoms with Gasteiger partial charge in [-0.1, -0.05) is 12.8 Å². The van der Waals surface area contributed by atoms with Gasteiger partial charge in [0.1, 0.15) is 0 Å². The number of nitrogens with one attached hydrogen (secondary N) is 2. The number of ether oxygens (including phenoxy) is 1. The number of carbonyl (C=O) groups excluding carboxylic acids is 2. The largest absolute Gasteiger partial charge is 0.383 e. The molecular weight excluding hydrogens is 499 g/mol. The Morgan fingerprint density at radius 1 is 1.10 bits per heavy atom. The smallest absolute Gasteiger partial charge is 0.234 e. The van der Waals surface area contributed by atoms with Gasteiger partial charge in [-0.3, -0.25) is 19.5 Å². The summed E-state index contributed by atoms with van der Waals surface area (Å²) < 4.78 is 4.95. The van der Waals surface area contributed by atoms with Crippen LogP contribution in [0.2, 0.25) is 0 Å². The first-order chi connectivity index (χ1) is 13.9. The SMILES string of the molecule is CN=C(NCC1(C(=O)N(C)C)CCCC1)N1CCN(CC(=O)NCCOC)CC1.I. The van der Waals surface area contributed by atoms with E-state index in [-0.39, 0.29) is 41.2 Å². The van der Waals surface area contributed by atoms with E-state index in [0.717, 1.165) is 57.8 Å². The molecule has 174 valence electrons. The highest BCUT2D eigenvalue weighted by Crippen LogP contribution is 2.38. The Morgan fingerprint density at radius 2 is 1.73 bits per heavy atom. The molecule has 0 bridgehead atoms. The molecule has 10 heteroatoms. The second-order valence-corrected chi connectivity index (χ2v) is 8.19. The molecule has 1 heterocycles. The average Bonchev–Trinajstić information content (AvgIpc) is 3.19. The zero-order chi connectivity index (χ0) is 21.3. The lowest BCUT2D eigenvalue weighted by Crippen LogP contribution is -2.56. The average molecular weight is 538 g/mol. The number of piperazine rings is 1. The zero-order valence-electron chi connectivity index (χ0n) is 18.9. The molecule has 2 amide bonds. The van der Waals surface area contributed by atoms with E-state index >= 15 is 0 Å². The molecule has 30 heavy (non-hydrogen) atoms. The summed E-state index contributed by atoms with van der Waals surface area (Å²) in [5.74, 6) is 1.08. The van der Waals surface area contributed by atoms with E-state index in [1.54, 1.807) is 19.1 Å². The zero-order valence-corrected chi connectivity index (χ0v) is 21.2. The molecule has 1 aliphatic heterocycles. The fraction of sp³-hybridized carbons (Fsp3) is 0.850. The maximum Gasteiger partial charge on any atom is 0.234 e. The van der Waals surface area contributed by atoms with Crippen LogP contribution in [0.4, 0.5) is 0 Å². The number of rotatable bonds is 8. The van der Waals surface area contributed by atoms with Gasteiger partial charge in [0.25, 0.3) is 0 Å². The molecule has 0 aromatic heterocycles. The third-order valence-corrected chi connectivity index (χ3v) is 5.88. The predicted molar refractivity (Wildman–Crippen MR) is 129 cm³/mol. The third-order valence-electron chi connectivity index (χ3n) is 5.88. The Balaban J connectivity index is 0.00000450. The highest BCUT2D eigenvalue weighted by molar-refractivity contribution is 14.0. The molecule has 0 atom stereocenters. The van der Waals surface area contributed by atoms with E-state index in [1.807, 2.05) is 14.1 Å². The highest BCUT2D eigenvalue weighted by atomic mass is 127. The molecule has 0 spiro atoms. The van der Waals surface area contributed by atoms with Crippen molar-refractivity contribution in [3.8, 4) is 0 Å². The first-order valence-electron chi connectivity index (χ1n) is 10.6. The van der Waals surface area contributed by atoms with Gasteiger partial charge in [0.2, 0.25) is 11.8 Å². The Bertz CT molecular complexity index is 573. The molecule has 2 rings (SSSR count). The summed E-state index contributed by atoms with van der Waals surface area (Å²) in [4.78, 5) is 35.2. The lowest BCUT2D eigenvalue weighted by molar-refractivity contribution is -0.138. The summed E-state index contributed by atoms with van der Waals surface area (Å²) in [6.07, 6.45) is 4.07. The molecule has 0 radical (unpaired) electrons. The fourth-order valence-corrected chi connectivity index (χ4v) is 4.24. The maximum atomic E-state index is 12.8. The topological polar surface area (TPSA) is 89.5 Å². The van der Waals surface area contributed by atoms with Crippen LogP contribution >= 0.6 is 24.0 Å². The molecular formula is C20H39IN6O3. The molecule has 2 aliphatic rings. The Labute approximate surface area is 198 Å². The fourth-order valence-electron chi connectivity index (χ4n) is 4.24. The Morgan fingerprint density at radius 3 is 2.27 bits per heavy atom. The van der Waals surface area contributed by atoms with Gasteiger partial charge in [-0.05, 0) is 12.8 Å². The standard InChI is InChI=1S/C20H38N6O3.HI/c1-21-19(23-16-20(7-5-6-8-20)18(28)24(2)3)26-12-10-25(11-13-26)15-17(27)22-9-14-29-4;/h5-16H2,1-4H3,(H,21,23)(H,22,27);1H. The summed E-state index contributed by atoms with van der Waals surface area (Å²) in [7, 11) is 7.08. The first-order valence-corrected chi connectivity index (χ1v) is 10.6. The predicted octanol–water partition coefficient (Wildman–Crippen LogP) is 0.209. The van der Waals surface area contributed by atoms with E-state index in [4.69, 9.17) is 4.74 Å². The first kappa shape index (κ1) is 26.9. The van der Waals surface area contributed by atoms with Crippen LogP contribution in [-0.2, 0) is 14.3 Å². The van der Waals surface area contributed by atoms with Gasteiger partial charge in [-0.15, -0.1) is 24.0 Å². The molecule has 1 aliphatic carbocycles. The molecule has 0 unspecified atom stereocenters. The van der Waals surface area contributed by atoms with Crippen molar-refractivity contribution in [1.82, 2.24) is 25.3 Å². The molecule has 0 aromatic carbocycles. The number of guanidine groups is 1. The number of nitrogens with zero attached hydrogens (tertiary/aromatic N) is 4. The monoisotopic (exact) mass is 538 g/mol. The molecule has 9 nitrogen and oxygen atoms in total. The van der Waals surface area contributed by atoms with Crippen molar-refractivity contribution in [2.75, 3.05) is 80.7 Å². The van der Waals surface area contributed by atoms with E-state index < -0.39 is 0 Å². The quantitative estimate of drug-likeness (QED) is 0.199. The minimum absolute atomic E-state index is 0. The Kier molecular flexibility index (Phi) is 11.9. The van der Waals surface area contributed by atoms with Crippen molar-refractivity contribution in [3.05, 3.63) is 0 Å². The minimum Gasteiger partial charge on any atom is -0.383 e. The van der Waals surface area contributed by atoms with E-state index in [1.165, 1.54) is 0 Å². The summed E-state index contributed by atoms with van der Waals surface area (Å²) in [5.41, 5.74) is -0.318. The van der Waals surface area contributed by atoms with Crippen LogP contribution in [0.3, 0.4) is 0 Å². The van der Waals surface area contributed by atoms with Crippen LogP contribution in [0.5, 0.6) is 0 Å². The van der Waals surface area contributed by atoms with E-state index in [2.05, 4.69) is 25.4 Å². The van der Waals surface area contributed by atoms with Crippen LogP contribution in [0, 0.1) is 5.41 Å². The van der Waals surface area contributed by atoms with Crippen molar-refractivity contribution in [2.45, 2.75) is 25.7 Å². The number of carbonyl (C=O) groups is 2. The second-order valence-electron chi connectivity index (χ2n) is 8.19. The van der Waals surface area contributed by atoms with Gasteiger partial charge in [0.05, 0.1) is 18.6 Å². The maximum absolute atomic E-state index is 12.8. The highest BCUT2D eigenvalue weighted by Gasteiger charge is 2.42. The van der Waals surface area contributed by atoms with Crippen LogP contribution in [0.25, 0.3) is 0 Å². The molecule has 2 N–H and O–H groups in total. The van der Waals surface area contributed by atoms with Gasteiger partial charge < -0.3 is 25.2 Å². The van der Waals surface area contributed by atoms with Crippen LogP contribution in [0.1, 0.15) is 25.7 Å².